The van der Waals surface area contributed by atoms with Crippen molar-refractivity contribution in [2.75, 3.05) is 13.6 Å². The second-order valence-corrected chi connectivity index (χ2v) is 6.08. The van der Waals surface area contributed by atoms with Crippen molar-refractivity contribution >= 4 is 5.96 Å². The topological polar surface area (TPSA) is 67.1 Å². The Labute approximate surface area is 143 Å². The first kappa shape index (κ1) is 16.5. The van der Waals surface area contributed by atoms with E-state index in [2.05, 4.69) is 60.7 Å². The van der Waals surface area contributed by atoms with Crippen molar-refractivity contribution in [3.05, 3.63) is 47.5 Å². The van der Waals surface area contributed by atoms with Crippen molar-refractivity contribution in [1.82, 2.24) is 25.4 Å². The van der Waals surface area contributed by atoms with E-state index in [0.29, 0.717) is 6.54 Å². The van der Waals surface area contributed by atoms with Crippen LogP contribution < -0.4 is 10.6 Å². The van der Waals surface area contributed by atoms with Gasteiger partial charge in [-0.05, 0) is 31.2 Å². The van der Waals surface area contributed by atoms with Crippen LogP contribution in [0.15, 0.2) is 35.3 Å². The fraction of sp³-hybridized carbons (Fsp3) is 0.500. The normalized spacial score (nSPS) is 14.3. The molecule has 0 bridgehead atoms. The summed E-state index contributed by atoms with van der Waals surface area (Å²) < 4.78 is 2.24. The van der Waals surface area contributed by atoms with Crippen molar-refractivity contribution in [3.63, 3.8) is 0 Å². The molecule has 2 aromatic rings. The molecular formula is C18H26N6. The zero-order valence-electron chi connectivity index (χ0n) is 14.3. The average Bonchev–Trinajstić information content (AvgIpc) is 3.05. The third-order valence-corrected chi connectivity index (χ3v) is 4.35. The summed E-state index contributed by atoms with van der Waals surface area (Å²) in [6, 6.07) is 10.6. The van der Waals surface area contributed by atoms with Gasteiger partial charge in [0.15, 0.2) is 11.8 Å². The molecular weight excluding hydrogens is 300 g/mol. The van der Waals surface area contributed by atoms with Gasteiger partial charge in [0.1, 0.15) is 5.82 Å². The molecule has 0 atom stereocenters. The summed E-state index contributed by atoms with van der Waals surface area (Å²) in [4.78, 5) is 4.28. The predicted octanol–water partition coefficient (Wildman–Crippen LogP) is 1.91. The Kier molecular flexibility index (Phi) is 5.82. The smallest absolute Gasteiger partial charge is 0.191 e. The lowest BCUT2D eigenvalue weighted by atomic mass is 10.1. The van der Waals surface area contributed by atoms with Crippen LogP contribution in [0.2, 0.25) is 0 Å². The van der Waals surface area contributed by atoms with Crippen LogP contribution in [0.1, 0.15) is 36.5 Å². The zero-order valence-corrected chi connectivity index (χ0v) is 14.3. The molecule has 24 heavy (non-hydrogen) atoms. The van der Waals surface area contributed by atoms with E-state index in [1.54, 1.807) is 7.05 Å². The number of guanidine groups is 1. The quantitative estimate of drug-likeness (QED) is 0.483. The maximum atomic E-state index is 4.31. The second kappa shape index (κ2) is 8.47. The van der Waals surface area contributed by atoms with Crippen LogP contribution in [-0.4, -0.2) is 34.3 Å². The Balaban J connectivity index is 1.41. The Morgan fingerprint density at radius 3 is 2.88 bits per heavy atom. The number of hydrogen-bond donors (Lipinski definition) is 2. The van der Waals surface area contributed by atoms with Crippen LogP contribution >= 0.6 is 0 Å². The van der Waals surface area contributed by atoms with Crippen LogP contribution in [0.4, 0.5) is 0 Å². The molecule has 1 aromatic carbocycles. The number of fused-ring (bicyclic) bond motifs is 1. The molecule has 0 spiro atoms. The number of aliphatic imine (C=N–C) groups is 1. The predicted molar refractivity (Wildman–Crippen MR) is 95.9 cm³/mol. The monoisotopic (exact) mass is 326 g/mol. The molecule has 3 rings (SSSR count). The second-order valence-electron chi connectivity index (χ2n) is 6.08. The summed E-state index contributed by atoms with van der Waals surface area (Å²) in [5, 5.41) is 15.3. The molecule has 0 saturated heterocycles. The van der Waals surface area contributed by atoms with Crippen molar-refractivity contribution < 1.29 is 0 Å². The average molecular weight is 326 g/mol. The number of aryl methyl sites for hydroxylation is 2. The number of benzene rings is 1. The first-order chi connectivity index (χ1) is 11.9. The fourth-order valence-electron chi connectivity index (χ4n) is 3.03. The van der Waals surface area contributed by atoms with Gasteiger partial charge in [0, 0.05) is 26.6 Å². The Bertz CT molecular complexity index is 661. The van der Waals surface area contributed by atoms with Gasteiger partial charge in [-0.1, -0.05) is 30.3 Å². The van der Waals surface area contributed by atoms with Gasteiger partial charge in [-0.25, -0.2) is 0 Å². The minimum Gasteiger partial charge on any atom is -0.356 e. The standard InChI is InChI=1S/C18H26N6/c1-19-18(20-12-7-10-15-8-3-2-4-9-15)21-14-17-23-22-16-11-5-6-13-24(16)17/h2-4,8-9H,5-7,10-14H2,1H3,(H2,19,20,21). The summed E-state index contributed by atoms with van der Waals surface area (Å²) in [5.74, 6) is 2.93. The Hall–Kier alpha value is -2.37. The van der Waals surface area contributed by atoms with Gasteiger partial charge in [0.2, 0.25) is 0 Å². The van der Waals surface area contributed by atoms with Crippen molar-refractivity contribution in [1.29, 1.82) is 0 Å². The lowest BCUT2D eigenvalue weighted by molar-refractivity contribution is 0.504. The summed E-state index contributed by atoms with van der Waals surface area (Å²) in [6.07, 6.45) is 5.62. The molecule has 0 radical (unpaired) electrons. The zero-order chi connectivity index (χ0) is 16.6. The van der Waals surface area contributed by atoms with E-state index in [1.165, 1.54) is 18.4 Å². The highest BCUT2D eigenvalue weighted by Gasteiger charge is 2.15. The molecule has 2 N–H and O–H groups in total. The molecule has 0 amide bonds. The largest absolute Gasteiger partial charge is 0.356 e. The summed E-state index contributed by atoms with van der Waals surface area (Å²) >= 11 is 0. The van der Waals surface area contributed by atoms with Crippen molar-refractivity contribution in [2.45, 2.75) is 45.2 Å². The van der Waals surface area contributed by atoms with Gasteiger partial charge < -0.3 is 15.2 Å². The van der Waals surface area contributed by atoms with E-state index in [0.717, 1.165) is 50.0 Å². The van der Waals surface area contributed by atoms with Crippen molar-refractivity contribution in [2.24, 2.45) is 4.99 Å². The lowest BCUT2D eigenvalue weighted by Gasteiger charge is -2.16. The Morgan fingerprint density at radius 2 is 2.04 bits per heavy atom. The van der Waals surface area contributed by atoms with Crippen molar-refractivity contribution in [3.8, 4) is 0 Å². The minimum atomic E-state index is 0.658. The number of rotatable bonds is 6. The third kappa shape index (κ3) is 4.34. The molecule has 0 aliphatic carbocycles. The molecule has 6 heteroatoms. The number of aromatic nitrogens is 3. The maximum Gasteiger partial charge on any atom is 0.191 e. The molecule has 6 nitrogen and oxygen atoms in total. The minimum absolute atomic E-state index is 0.658. The highest BCUT2D eigenvalue weighted by Crippen LogP contribution is 2.13. The van der Waals surface area contributed by atoms with Gasteiger partial charge >= 0.3 is 0 Å². The third-order valence-electron chi connectivity index (χ3n) is 4.35. The van der Waals surface area contributed by atoms with Gasteiger partial charge in [0.05, 0.1) is 6.54 Å². The highest BCUT2D eigenvalue weighted by atomic mass is 15.3. The van der Waals surface area contributed by atoms with Crippen LogP contribution in [0.5, 0.6) is 0 Å². The molecule has 1 aliphatic rings. The van der Waals surface area contributed by atoms with Gasteiger partial charge in [-0.2, -0.15) is 0 Å². The van der Waals surface area contributed by atoms with Gasteiger partial charge in [0.25, 0.3) is 0 Å². The Morgan fingerprint density at radius 1 is 1.17 bits per heavy atom. The van der Waals surface area contributed by atoms with Gasteiger partial charge in [-0.3, -0.25) is 4.99 Å². The highest BCUT2D eigenvalue weighted by molar-refractivity contribution is 5.79. The summed E-state index contributed by atoms with van der Waals surface area (Å²) in [7, 11) is 1.80. The van der Waals surface area contributed by atoms with E-state index in [4.69, 9.17) is 0 Å². The molecule has 1 aliphatic heterocycles. The SMILES string of the molecule is CN=C(NCCCc1ccccc1)NCc1nnc2n1CCCC2. The van der Waals surface area contributed by atoms with Crippen LogP contribution in [0.3, 0.4) is 0 Å². The molecule has 0 saturated carbocycles. The fourth-order valence-corrected chi connectivity index (χ4v) is 3.03. The molecule has 128 valence electrons. The van der Waals surface area contributed by atoms with Gasteiger partial charge in [-0.15, -0.1) is 10.2 Å². The lowest BCUT2D eigenvalue weighted by Crippen LogP contribution is -2.38. The first-order valence-corrected chi connectivity index (χ1v) is 8.76. The van der Waals surface area contributed by atoms with Crippen LogP contribution in [0, 0.1) is 0 Å². The molecule has 1 aromatic heterocycles. The first-order valence-electron chi connectivity index (χ1n) is 8.76. The molecule has 0 unspecified atom stereocenters. The molecule has 0 fully saturated rings. The molecule has 2 heterocycles. The summed E-state index contributed by atoms with van der Waals surface area (Å²) in [6.45, 7) is 2.58. The maximum absolute atomic E-state index is 4.31. The van der Waals surface area contributed by atoms with Crippen LogP contribution in [0.25, 0.3) is 0 Å². The number of hydrogen-bond acceptors (Lipinski definition) is 3. The van der Waals surface area contributed by atoms with E-state index >= 15 is 0 Å². The van der Waals surface area contributed by atoms with E-state index in [-0.39, 0.29) is 0 Å². The number of nitrogens with zero attached hydrogens (tertiary/aromatic N) is 4. The van der Waals surface area contributed by atoms with E-state index < -0.39 is 0 Å². The number of nitrogens with one attached hydrogen (secondary N) is 2. The van der Waals surface area contributed by atoms with E-state index in [1.807, 2.05) is 0 Å². The van der Waals surface area contributed by atoms with E-state index in [9.17, 15) is 0 Å². The summed E-state index contributed by atoms with van der Waals surface area (Å²) in [5.41, 5.74) is 1.37. The van der Waals surface area contributed by atoms with Crippen LogP contribution in [-0.2, 0) is 25.9 Å².